The van der Waals surface area contributed by atoms with Crippen LogP contribution in [0.1, 0.15) is 36.8 Å². The van der Waals surface area contributed by atoms with E-state index in [4.69, 9.17) is 23.7 Å². The predicted molar refractivity (Wildman–Crippen MR) is 183 cm³/mol. The summed E-state index contributed by atoms with van der Waals surface area (Å²) in [6.45, 7) is 8.41. The van der Waals surface area contributed by atoms with Crippen molar-refractivity contribution in [3.63, 3.8) is 0 Å². The molecule has 47 heavy (non-hydrogen) atoms. The Kier molecular flexibility index (Phi) is 15.6. The molecule has 0 saturated heterocycles. The van der Waals surface area contributed by atoms with Crippen molar-refractivity contribution < 1.29 is 38.1 Å². The molecule has 10 heteroatoms. The number of carbonyl (C=O) groups excluding carboxylic acids is 3. The van der Waals surface area contributed by atoms with E-state index in [1.165, 1.54) is 13.2 Å². The highest BCUT2D eigenvalue weighted by Crippen LogP contribution is 2.29. The summed E-state index contributed by atoms with van der Waals surface area (Å²) in [6.07, 6.45) is 10.1. The van der Waals surface area contributed by atoms with Gasteiger partial charge >= 0.3 is 11.9 Å². The fourth-order valence-corrected chi connectivity index (χ4v) is 3.94. The van der Waals surface area contributed by atoms with Crippen LogP contribution in [-0.4, -0.2) is 57.6 Å². The number of nitrogens with one attached hydrogen (secondary N) is 1. The van der Waals surface area contributed by atoms with Crippen LogP contribution in [0.3, 0.4) is 0 Å². The molecule has 0 unspecified atom stereocenters. The number of anilines is 1. The second-order valence-corrected chi connectivity index (χ2v) is 9.96. The summed E-state index contributed by atoms with van der Waals surface area (Å²) in [5.74, 6) is 0.767. The minimum atomic E-state index is -0.427. The van der Waals surface area contributed by atoms with Crippen LogP contribution in [0.2, 0.25) is 0 Å². The van der Waals surface area contributed by atoms with E-state index in [-0.39, 0.29) is 5.91 Å². The van der Waals surface area contributed by atoms with E-state index in [9.17, 15) is 14.4 Å². The van der Waals surface area contributed by atoms with Crippen LogP contribution in [-0.2, 0) is 23.9 Å². The number of ether oxygens (including phenoxy) is 5. The lowest BCUT2D eigenvalue weighted by atomic mass is 10.2. The Balaban J connectivity index is 1.42. The van der Waals surface area contributed by atoms with Gasteiger partial charge in [0, 0.05) is 30.5 Å². The number of aliphatic imine (C=N–C) groups is 1. The first-order valence-electron chi connectivity index (χ1n) is 15.2. The number of rotatable bonds is 20. The average Bonchev–Trinajstić information content (AvgIpc) is 3.10. The molecule has 0 bridgehead atoms. The minimum Gasteiger partial charge on any atom is -0.494 e. The van der Waals surface area contributed by atoms with E-state index in [1.807, 2.05) is 48.5 Å². The van der Waals surface area contributed by atoms with E-state index < -0.39 is 11.9 Å². The molecule has 0 radical (unpaired) electrons. The maximum Gasteiger partial charge on any atom is 0.330 e. The molecule has 0 saturated carbocycles. The Hall–Kier alpha value is -5.64. The second-order valence-electron chi connectivity index (χ2n) is 9.96. The van der Waals surface area contributed by atoms with Crippen molar-refractivity contribution in [2.75, 3.05) is 38.9 Å². The normalized spacial score (nSPS) is 10.7. The Labute approximate surface area is 275 Å². The van der Waals surface area contributed by atoms with Gasteiger partial charge in [-0.2, -0.15) is 0 Å². The molecule has 3 rings (SSSR count). The zero-order chi connectivity index (χ0) is 33.7. The van der Waals surface area contributed by atoms with Gasteiger partial charge in [-0.3, -0.25) is 9.79 Å². The van der Waals surface area contributed by atoms with Crippen molar-refractivity contribution in [3.8, 4) is 17.2 Å². The molecule has 10 nitrogen and oxygen atoms in total. The molecule has 0 aliphatic heterocycles. The highest BCUT2D eigenvalue weighted by atomic mass is 16.5. The third kappa shape index (κ3) is 13.9. The fraction of sp³-hybridized carbons (Fsp3) is 0.243. The monoisotopic (exact) mass is 640 g/mol. The first kappa shape index (κ1) is 35.8. The van der Waals surface area contributed by atoms with Crippen molar-refractivity contribution in [1.29, 1.82) is 0 Å². The van der Waals surface area contributed by atoms with E-state index in [1.54, 1.807) is 30.5 Å². The number of carbonyl (C=O) groups is 3. The number of methoxy groups -OCH3 is 1. The molecule has 0 atom stereocenters. The maximum absolute atomic E-state index is 12.6. The second kappa shape index (κ2) is 20.4. The van der Waals surface area contributed by atoms with Crippen LogP contribution in [0.25, 0.3) is 6.08 Å². The van der Waals surface area contributed by atoms with Gasteiger partial charge in [-0.25, -0.2) is 9.59 Å². The molecule has 0 aromatic heterocycles. The summed E-state index contributed by atoms with van der Waals surface area (Å²) < 4.78 is 26.8. The van der Waals surface area contributed by atoms with Gasteiger partial charge in [0.1, 0.15) is 17.2 Å². The van der Waals surface area contributed by atoms with Gasteiger partial charge in [-0.05, 0) is 91.4 Å². The average molecular weight is 641 g/mol. The first-order chi connectivity index (χ1) is 22.9. The number of amides is 1. The topological polar surface area (TPSA) is 122 Å². The highest BCUT2D eigenvalue weighted by Gasteiger charge is 2.07. The SMILES string of the molecule is C=CC(=O)OCCCCOc1ccc(C=Nc2ccc(NC(=O)/C=C/c3ccc(OCCCCOC(=O)C=C)cc3)c(OC)c2)cc1. The van der Waals surface area contributed by atoms with Gasteiger partial charge in [0.2, 0.25) is 5.91 Å². The van der Waals surface area contributed by atoms with Crippen LogP contribution < -0.4 is 19.5 Å². The van der Waals surface area contributed by atoms with Gasteiger partial charge in [-0.1, -0.05) is 25.3 Å². The minimum absolute atomic E-state index is 0.310. The Morgan fingerprint density at radius 2 is 1.26 bits per heavy atom. The first-order valence-corrected chi connectivity index (χ1v) is 15.2. The molecule has 0 aliphatic carbocycles. The van der Waals surface area contributed by atoms with E-state index in [0.29, 0.717) is 62.1 Å². The molecule has 0 aliphatic rings. The quantitative estimate of drug-likeness (QED) is 0.0615. The van der Waals surface area contributed by atoms with Gasteiger partial charge in [0.05, 0.1) is 44.9 Å². The summed E-state index contributed by atoms with van der Waals surface area (Å²) in [4.78, 5) is 39.2. The zero-order valence-electron chi connectivity index (χ0n) is 26.5. The van der Waals surface area contributed by atoms with E-state index >= 15 is 0 Å². The molecule has 3 aromatic carbocycles. The van der Waals surface area contributed by atoms with Crippen LogP contribution in [0.4, 0.5) is 11.4 Å². The Morgan fingerprint density at radius 1 is 0.723 bits per heavy atom. The fourth-order valence-electron chi connectivity index (χ4n) is 3.94. The van der Waals surface area contributed by atoms with Crippen molar-refractivity contribution in [2.45, 2.75) is 25.7 Å². The molecule has 0 spiro atoms. The van der Waals surface area contributed by atoms with Crippen molar-refractivity contribution >= 4 is 41.5 Å². The smallest absolute Gasteiger partial charge is 0.330 e. The largest absolute Gasteiger partial charge is 0.494 e. The summed E-state index contributed by atoms with van der Waals surface area (Å²) in [5, 5.41) is 2.84. The summed E-state index contributed by atoms with van der Waals surface area (Å²) in [5.41, 5.74) is 2.90. The number of nitrogens with zero attached hydrogens (tertiary/aromatic N) is 1. The molecule has 1 amide bonds. The lowest BCUT2D eigenvalue weighted by molar-refractivity contribution is -0.138. The number of esters is 2. The van der Waals surface area contributed by atoms with Crippen LogP contribution in [0.15, 0.2) is 103 Å². The number of hydrogen-bond acceptors (Lipinski definition) is 9. The third-order valence-electron chi connectivity index (χ3n) is 6.43. The molecule has 3 aromatic rings. The number of hydrogen-bond donors (Lipinski definition) is 1. The predicted octanol–water partition coefficient (Wildman–Crippen LogP) is 6.87. The Bertz CT molecular complexity index is 1530. The highest BCUT2D eigenvalue weighted by molar-refractivity contribution is 6.03. The zero-order valence-corrected chi connectivity index (χ0v) is 26.5. The molecular formula is C37H40N2O8. The van der Waals surface area contributed by atoms with Crippen LogP contribution >= 0.6 is 0 Å². The number of benzene rings is 3. The Morgan fingerprint density at radius 3 is 1.79 bits per heavy atom. The lowest BCUT2D eigenvalue weighted by Gasteiger charge is -2.09. The van der Waals surface area contributed by atoms with Crippen molar-refractivity contribution in [3.05, 3.63) is 109 Å². The van der Waals surface area contributed by atoms with Crippen LogP contribution in [0, 0.1) is 0 Å². The molecule has 0 fully saturated rings. The molecule has 1 N–H and O–H groups in total. The lowest BCUT2D eigenvalue weighted by Crippen LogP contribution is -2.08. The standard InChI is InChI=1S/C37H40N2O8/c1-4-36(41)46-24-8-6-22-44-31-16-10-28(11-17-31)14-21-35(40)39-33-20-15-30(26-34(33)43-3)38-27-29-12-18-32(19-13-29)45-23-7-9-25-47-37(42)5-2/h4-5,10-21,26-27H,1-2,6-9,22-25H2,3H3,(H,39,40)/b21-14+,38-27?. The van der Waals surface area contributed by atoms with Crippen molar-refractivity contribution in [1.82, 2.24) is 0 Å². The van der Waals surface area contributed by atoms with E-state index in [2.05, 4.69) is 23.5 Å². The maximum atomic E-state index is 12.6. The molecule has 0 heterocycles. The summed E-state index contributed by atoms with van der Waals surface area (Å²) in [6, 6.07) is 20.2. The van der Waals surface area contributed by atoms with Gasteiger partial charge in [0.15, 0.2) is 0 Å². The van der Waals surface area contributed by atoms with Crippen LogP contribution in [0.5, 0.6) is 17.2 Å². The van der Waals surface area contributed by atoms with Gasteiger partial charge in [-0.15, -0.1) is 0 Å². The summed E-state index contributed by atoms with van der Waals surface area (Å²) in [7, 11) is 1.53. The van der Waals surface area contributed by atoms with Gasteiger partial charge in [0.25, 0.3) is 0 Å². The van der Waals surface area contributed by atoms with E-state index in [0.717, 1.165) is 41.9 Å². The van der Waals surface area contributed by atoms with Crippen molar-refractivity contribution in [2.24, 2.45) is 4.99 Å². The van der Waals surface area contributed by atoms with Gasteiger partial charge < -0.3 is 29.0 Å². The third-order valence-corrected chi connectivity index (χ3v) is 6.43. The number of unbranched alkanes of at least 4 members (excludes halogenated alkanes) is 2. The molecule has 246 valence electrons. The molecular weight excluding hydrogens is 600 g/mol. The summed E-state index contributed by atoms with van der Waals surface area (Å²) >= 11 is 0.